The van der Waals surface area contributed by atoms with Crippen LogP contribution in [-0.4, -0.2) is 266 Å². The Morgan fingerprint density at radius 2 is 0.634 bits per heavy atom. The van der Waals surface area contributed by atoms with Crippen molar-refractivity contribution in [1.82, 2.24) is 0 Å². The van der Waals surface area contributed by atoms with Gasteiger partial charge in [0.1, 0.15) is 37.1 Å². The molecule has 123 heavy (non-hydrogen) atoms. The van der Waals surface area contributed by atoms with Crippen molar-refractivity contribution in [3.8, 4) is 172 Å². The third-order valence-corrected chi connectivity index (χ3v) is 18.3. The number of fused-ring (bicyclic) bond motifs is 4. The lowest BCUT2D eigenvalue weighted by molar-refractivity contribution is -0.283. The molecule has 10 unspecified atom stereocenters. The fourth-order valence-corrected chi connectivity index (χ4v) is 12.2. The van der Waals surface area contributed by atoms with Crippen LogP contribution in [0.15, 0.2) is 91.0 Å². The number of aromatic hydroxyl groups is 26. The predicted molar refractivity (Wildman–Crippen MR) is 381 cm³/mol. The van der Waals surface area contributed by atoms with Crippen LogP contribution in [0, 0.1) is 0 Å². The maximum Gasteiger partial charge on any atom is 0.342 e. The van der Waals surface area contributed by atoms with E-state index in [1.54, 1.807) is 0 Å². The van der Waals surface area contributed by atoms with Crippen molar-refractivity contribution in [3.05, 3.63) is 141 Å². The van der Waals surface area contributed by atoms with Gasteiger partial charge in [0, 0.05) is 23.3 Å². The summed E-state index contributed by atoms with van der Waals surface area (Å²) in [4.78, 5) is 130. The molecule has 644 valence electrons. The van der Waals surface area contributed by atoms with Crippen molar-refractivity contribution in [2.24, 2.45) is 0 Å². The summed E-state index contributed by atoms with van der Waals surface area (Å²) < 4.78 is 67.4. The zero-order chi connectivity index (χ0) is 90.0. The van der Waals surface area contributed by atoms with Crippen LogP contribution in [0.3, 0.4) is 0 Å². The maximum absolute atomic E-state index is 15.2. The molecule has 0 spiro atoms. The topological polar surface area (TPSA) is 811 Å². The van der Waals surface area contributed by atoms with E-state index in [-0.39, 0.29) is 18.2 Å². The van der Waals surface area contributed by atoms with Gasteiger partial charge >= 0.3 is 53.7 Å². The standard InChI is InChI=1S/C75H56O48/c76-27-1-18(2-28(77)46(27)90)65(103)112-16-42-55(99)61(118-66(104)19-3-29(78)47(91)30(79)4-19)63(74(115-42)122-69(107)22-9-35(84)50(94)36(85)10-22)121-73(111)26-14-40(89)53(97)58(102)59(26)114-41-15-25-45(57(101)54(41)98)44-24(13-39(88)52(96)56(44)100)72(110)117-60-43(17-113-71(25)109)116-75(123-70(108)23-11-37(86)51(95)38(87)12-23)64(120-68(106)21-7-33(82)49(93)34(83)8-21)62(60)119-67(105)20-5-31(80)48(92)32(81)6-20/h1-15,42-43,55,60-64,74-102H,16-17H2. The second-order valence-corrected chi connectivity index (χ2v) is 26.2. The molecule has 0 bridgehead atoms. The van der Waals surface area contributed by atoms with E-state index in [0.29, 0.717) is 72.8 Å². The summed E-state index contributed by atoms with van der Waals surface area (Å²) in [7, 11) is 0. The Kier molecular flexibility index (Phi) is 22.6. The summed E-state index contributed by atoms with van der Waals surface area (Å²) in [6.45, 7) is -3.00. The first kappa shape index (κ1) is 85.1. The first-order chi connectivity index (χ1) is 57.8. The summed E-state index contributed by atoms with van der Waals surface area (Å²) >= 11 is 0. The molecule has 48 heteroatoms. The molecule has 12 rings (SSSR count). The lowest BCUT2D eigenvalue weighted by Crippen LogP contribution is -2.63. The molecule has 27 N–H and O–H groups in total. The number of aliphatic hydroxyl groups excluding tert-OH is 1. The molecule has 48 nitrogen and oxygen atoms in total. The van der Waals surface area contributed by atoms with Crippen molar-refractivity contribution in [2.75, 3.05) is 13.2 Å². The number of aliphatic hydroxyl groups is 1. The van der Waals surface area contributed by atoms with Crippen LogP contribution < -0.4 is 4.74 Å². The van der Waals surface area contributed by atoms with E-state index in [1.165, 1.54) is 0 Å². The summed E-state index contributed by atoms with van der Waals surface area (Å²) in [6, 6.07) is 5.90. The number of esters is 9. The highest BCUT2D eigenvalue weighted by Gasteiger charge is 2.57. The van der Waals surface area contributed by atoms with Crippen molar-refractivity contribution in [2.45, 2.75) is 61.4 Å². The summed E-state index contributed by atoms with van der Waals surface area (Å²) in [5, 5.41) is 289. The number of phenolic OH excluding ortho intramolecular Hbond substituents is 26. The van der Waals surface area contributed by atoms with E-state index in [9.17, 15) is 167 Å². The van der Waals surface area contributed by atoms with E-state index >= 15 is 14.4 Å². The Balaban J connectivity index is 0.972. The molecule has 9 aromatic rings. The fourth-order valence-electron chi connectivity index (χ4n) is 12.2. The molecular weight excluding hydrogens is 1670 g/mol. The van der Waals surface area contributed by atoms with Gasteiger partial charge in [0.2, 0.25) is 47.8 Å². The molecule has 3 aliphatic heterocycles. The smallest absolute Gasteiger partial charge is 0.342 e. The minimum Gasteiger partial charge on any atom is -0.504 e. The molecule has 0 aromatic heterocycles. The highest BCUT2D eigenvalue weighted by molar-refractivity contribution is 6.09. The van der Waals surface area contributed by atoms with Crippen LogP contribution in [-0.2, 0) is 52.1 Å². The molecule has 0 radical (unpaired) electrons. The molecule has 3 aliphatic rings. The van der Waals surface area contributed by atoms with Crippen LogP contribution in [0.4, 0.5) is 0 Å². The van der Waals surface area contributed by atoms with Crippen molar-refractivity contribution in [3.63, 3.8) is 0 Å². The van der Waals surface area contributed by atoms with Gasteiger partial charge in [0.25, 0.3) is 0 Å². The zero-order valence-electron chi connectivity index (χ0n) is 60.5. The van der Waals surface area contributed by atoms with Crippen LogP contribution in [0.2, 0.25) is 0 Å². The molecule has 0 saturated carbocycles. The van der Waals surface area contributed by atoms with E-state index in [4.69, 9.17) is 56.8 Å². The van der Waals surface area contributed by atoms with Crippen LogP contribution in [0.5, 0.6) is 161 Å². The molecule has 3 heterocycles. The molecule has 0 aliphatic carbocycles. The normalized spacial score (nSPS) is 19.1. The Hall–Kier alpha value is -17.3. The number of benzene rings is 9. The maximum atomic E-state index is 15.2. The zero-order valence-corrected chi connectivity index (χ0v) is 60.5. The van der Waals surface area contributed by atoms with Gasteiger partial charge in [-0.2, -0.15) is 0 Å². The van der Waals surface area contributed by atoms with Gasteiger partial charge in [0.15, 0.2) is 156 Å². The minimum absolute atomic E-state index is 0.117. The van der Waals surface area contributed by atoms with Crippen LogP contribution >= 0.6 is 0 Å². The Morgan fingerprint density at radius 3 is 1.05 bits per heavy atom. The van der Waals surface area contributed by atoms with Crippen LogP contribution in [0.25, 0.3) is 11.1 Å². The first-order valence-corrected chi connectivity index (χ1v) is 34.0. The van der Waals surface area contributed by atoms with Gasteiger partial charge in [-0.25, -0.2) is 43.2 Å². The Morgan fingerprint density at radius 1 is 0.317 bits per heavy atom. The van der Waals surface area contributed by atoms with Crippen LogP contribution in [0.1, 0.15) is 93.2 Å². The van der Waals surface area contributed by atoms with E-state index in [1.807, 2.05) is 0 Å². The number of cyclic esters (lactones) is 1. The largest absolute Gasteiger partial charge is 0.504 e. The second-order valence-electron chi connectivity index (χ2n) is 26.2. The molecular formula is C75H56O48. The highest BCUT2D eigenvalue weighted by Crippen LogP contribution is 2.57. The van der Waals surface area contributed by atoms with Gasteiger partial charge in [-0.1, -0.05) is 0 Å². The number of rotatable bonds is 17. The molecule has 10 atom stereocenters. The monoisotopic (exact) mass is 1720 g/mol. The van der Waals surface area contributed by atoms with Crippen molar-refractivity contribution < 1.29 is 238 Å². The average molecular weight is 1730 g/mol. The van der Waals surface area contributed by atoms with Crippen molar-refractivity contribution >= 4 is 53.7 Å². The lowest BCUT2D eigenvalue weighted by atomic mass is 9.91. The third kappa shape index (κ3) is 16.2. The van der Waals surface area contributed by atoms with E-state index in [0.717, 1.165) is 0 Å². The number of carbonyl (C=O) groups excluding carboxylic acids is 9. The molecule has 2 fully saturated rings. The average Bonchev–Trinajstić information content (AvgIpc) is 1.75. The summed E-state index contributed by atoms with van der Waals surface area (Å²) in [6.07, 6.45) is -27.3. The Labute approximate surface area is 677 Å². The highest BCUT2D eigenvalue weighted by atomic mass is 16.8. The first-order valence-electron chi connectivity index (χ1n) is 34.0. The second kappa shape index (κ2) is 32.6. The van der Waals surface area contributed by atoms with Crippen molar-refractivity contribution in [1.29, 1.82) is 0 Å². The lowest BCUT2D eigenvalue weighted by Gasteiger charge is -2.43. The van der Waals surface area contributed by atoms with E-state index in [2.05, 4.69) is 0 Å². The molecule has 2 saturated heterocycles. The van der Waals surface area contributed by atoms with Gasteiger partial charge in [0.05, 0.1) is 44.5 Å². The molecule has 0 amide bonds. The number of ether oxygens (including phenoxy) is 12. The quantitative estimate of drug-likeness (QED) is 0.0354. The summed E-state index contributed by atoms with van der Waals surface area (Å²) in [5.74, 6) is -56.2. The Bertz CT molecular complexity index is 5810. The number of hydrogen-bond donors (Lipinski definition) is 27. The number of carbonyl (C=O) groups is 9. The number of hydrogen-bond acceptors (Lipinski definition) is 48. The number of phenols is 26. The fraction of sp³-hybridized carbons (Fsp3) is 0.160. The third-order valence-electron chi connectivity index (χ3n) is 18.3. The summed E-state index contributed by atoms with van der Waals surface area (Å²) in [5.41, 5.74) is -12.9. The minimum atomic E-state index is -2.90. The van der Waals surface area contributed by atoms with Gasteiger partial charge < -0.3 is 195 Å². The van der Waals surface area contributed by atoms with Gasteiger partial charge in [-0.15, -0.1) is 0 Å². The van der Waals surface area contributed by atoms with Gasteiger partial charge in [-0.3, -0.25) is 0 Å². The molecule has 9 aromatic carbocycles. The SMILES string of the molecule is O=C(OCC1OC(OC(=O)c2cc(O)c(O)c(O)c2)C(OC(=O)c2cc(O)c(O)c(O)c2Oc2cc3c(c(O)c2O)-c2c(cc(O)c(O)c2O)C(=O)OC2C(COC3=O)OC(OC(=O)c3cc(O)c(O)c(O)c3)C(OC(=O)c3cc(O)c(O)c(O)c3)C2OC(=O)c2cc(O)c(O)c(O)c2)C(OC(=O)c2cc(O)c(O)c(O)c2)C1O)c1cc(O)c(O)c(O)c1. The van der Waals surface area contributed by atoms with Gasteiger partial charge in [-0.05, 0) is 78.9 Å². The predicted octanol–water partition coefficient (Wildman–Crippen LogP) is 2.77. The van der Waals surface area contributed by atoms with E-state index < -0.39 is 351 Å².